The third-order valence-electron chi connectivity index (χ3n) is 3.50. The fraction of sp³-hybridized carbons (Fsp3) is 0.500. The molecule has 0 N–H and O–H groups in total. The first kappa shape index (κ1) is 12.6. The highest BCUT2D eigenvalue weighted by atomic mass is 31.1. The summed E-state index contributed by atoms with van der Waals surface area (Å²) in [5.41, 5.74) is 2.16. The first-order valence-electron chi connectivity index (χ1n) is 6.05. The molecule has 0 amide bonds. The normalized spacial score (nSPS) is 17.3. The van der Waals surface area contributed by atoms with Crippen LogP contribution in [0.25, 0.3) is 0 Å². The third-order valence-corrected chi connectivity index (χ3v) is 4.25. The van der Waals surface area contributed by atoms with Crippen molar-refractivity contribution in [1.82, 2.24) is 0 Å². The Balaban J connectivity index is 2.10. The number of aryl methyl sites for hydroxylation is 1. The summed E-state index contributed by atoms with van der Waals surface area (Å²) in [4.78, 5) is 11.7. The summed E-state index contributed by atoms with van der Waals surface area (Å²) in [6, 6.07) is 8.49. The highest BCUT2D eigenvalue weighted by Gasteiger charge is 2.52. The van der Waals surface area contributed by atoms with Gasteiger partial charge in [-0.15, -0.1) is 8.58 Å². The van der Waals surface area contributed by atoms with Gasteiger partial charge in [0.25, 0.3) is 0 Å². The Kier molecular flexibility index (Phi) is 3.83. The van der Waals surface area contributed by atoms with Crippen molar-refractivity contribution in [3.8, 4) is 0 Å². The van der Waals surface area contributed by atoms with Crippen molar-refractivity contribution in [2.24, 2.45) is 0 Å². The van der Waals surface area contributed by atoms with Crippen molar-refractivity contribution in [3.63, 3.8) is 0 Å². The lowest BCUT2D eigenvalue weighted by Crippen LogP contribution is -2.21. The second-order valence-electron chi connectivity index (χ2n) is 4.62. The van der Waals surface area contributed by atoms with E-state index in [1.807, 2.05) is 0 Å². The molecule has 0 radical (unpaired) electrons. The maximum Gasteiger partial charge on any atom is 0.316 e. The van der Waals surface area contributed by atoms with E-state index < -0.39 is 0 Å². The van der Waals surface area contributed by atoms with Gasteiger partial charge in [0.05, 0.1) is 12.5 Å². The molecular formula is C14H19O2P. The molecule has 1 atom stereocenters. The molecule has 1 unspecified atom stereocenters. The fourth-order valence-electron chi connectivity index (χ4n) is 2.19. The fourth-order valence-corrected chi connectivity index (χ4v) is 2.73. The second-order valence-corrected chi connectivity index (χ2v) is 5.83. The van der Waals surface area contributed by atoms with Crippen LogP contribution < -0.4 is 0 Å². The third kappa shape index (κ3) is 2.52. The highest BCUT2D eigenvalue weighted by molar-refractivity contribution is 7.36. The van der Waals surface area contributed by atoms with E-state index in [2.05, 4.69) is 30.9 Å². The van der Waals surface area contributed by atoms with Crippen LogP contribution in [-0.4, -0.2) is 25.9 Å². The van der Waals surface area contributed by atoms with Crippen LogP contribution in [0.3, 0.4) is 0 Å². The van der Waals surface area contributed by atoms with Crippen molar-refractivity contribution in [2.75, 3.05) is 19.9 Å². The number of carbonyl (C=O) groups is 1. The quantitative estimate of drug-likeness (QED) is 0.593. The minimum Gasteiger partial charge on any atom is -0.468 e. The van der Waals surface area contributed by atoms with E-state index in [0.29, 0.717) is 0 Å². The van der Waals surface area contributed by atoms with E-state index >= 15 is 0 Å². The Hall–Kier alpha value is -0.880. The highest BCUT2D eigenvalue weighted by Crippen LogP contribution is 2.49. The Bertz CT molecular complexity index is 393. The molecule has 1 aliphatic rings. The Morgan fingerprint density at radius 2 is 2.00 bits per heavy atom. The largest absolute Gasteiger partial charge is 0.468 e. The molecule has 0 aromatic heterocycles. The van der Waals surface area contributed by atoms with Crippen LogP contribution in [-0.2, 0) is 21.4 Å². The van der Waals surface area contributed by atoms with Gasteiger partial charge in [-0.2, -0.15) is 0 Å². The number of ether oxygens (including phenoxy) is 1. The molecule has 1 fully saturated rings. The lowest BCUT2D eigenvalue weighted by molar-refractivity contribution is -0.143. The van der Waals surface area contributed by atoms with Gasteiger partial charge in [0, 0.05) is 0 Å². The summed E-state index contributed by atoms with van der Waals surface area (Å²) in [5, 5.41) is 0. The van der Waals surface area contributed by atoms with Crippen LogP contribution in [0, 0.1) is 0 Å². The average molecular weight is 250 g/mol. The van der Waals surface area contributed by atoms with Gasteiger partial charge < -0.3 is 4.74 Å². The molecule has 3 heteroatoms. The van der Waals surface area contributed by atoms with Crippen molar-refractivity contribution >= 4 is 14.6 Å². The molecule has 1 aliphatic carbocycles. The zero-order chi connectivity index (χ0) is 12.3. The van der Waals surface area contributed by atoms with E-state index in [4.69, 9.17) is 4.74 Å². The lowest BCUT2D eigenvalue weighted by atomic mass is 9.95. The molecule has 0 aliphatic heterocycles. The smallest absolute Gasteiger partial charge is 0.316 e. The lowest BCUT2D eigenvalue weighted by Gasteiger charge is -2.13. The zero-order valence-corrected chi connectivity index (χ0v) is 11.5. The van der Waals surface area contributed by atoms with Crippen LogP contribution in [0.15, 0.2) is 24.3 Å². The number of methoxy groups -OCH3 is 1. The summed E-state index contributed by atoms with van der Waals surface area (Å²) < 4.78 is 4.89. The maximum atomic E-state index is 11.7. The van der Waals surface area contributed by atoms with Gasteiger partial charge in [-0.05, 0) is 43.2 Å². The molecule has 2 rings (SSSR count). The van der Waals surface area contributed by atoms with Crippen LogP contribution in [0.2, 0.25) is 0 Å². The molecule has 0 bridgehead atoms. The van der Waals surface area contributed by atoms with Crippen molar-refractivity contribution in [1.29, 1.82) is 0 Å². The van der Waals surface area contributed by atoms with Gasteiger partial charge in [-0.1, -0.05) is 24.3 Å². The van der Waals surface area contributed by atoms with Crippen LogP contribution in [0.4, 0.5) is 0 Å². The van der Waals surface area contributed by atoms with Gasteiger partial charge in [0.2, 0.25) is 0 Å². The SMILES string of the molecule is COC(=O)C1(c2ccc(CCPC)cc2)CC1. The van der Waals surface area contributed by atoms with E-state index in [0.717, 1.165) is 33.4 Å². The molecule has 0 heterocycles. The first-order valence-corrected chi connectivity index (χ1v) is 7.76. The van der Waals surface area contributed by atoms with Gasteiger partial charge in [-0.25, -0.2) is 0 Å². The second kappa shape index (κ2) is 5.18. The molecule has 0 saturated heterocycles. The predicted octanol–water partition coefficient (Wildman–Crippen LogP) is 2.74. The molecule has 0 spiro atoms. The van der Waals surface area contributed by atoms with Gasteiger partial charge in [0.15, 0.2) is 0 Å². The summed E-state index contributed by atoms with van der Waals surface area (Å²) in [6.45, 7) is 2.23. The van der Waals surface area contributed by atoms with Crippen LogP contribution >= 0.6 is 8.58 Å². The molecule has 1 saturated carbocycles. The molecule has 17 heavy (non-hydrogen) atoms. The molecule has 92 valence electrons. The Labute approximate surface area is 105 Å². The first-order chi connectivity index (χ1) is 8.23. The van der Waals surface area contributed by atoms with E-state index in [1.165, 1.54) is 18.8 Å². The number of hydrogen-bond donors (Lipinski definition) is 0. The van der Waals surface area contributed by atoms with Crippen molar-refractivity contribution in [3.05, 3.63) is 35.4 Å². The maximum absolute atomic E-state index is 11.7. The van der Waals surface area contributed by atoms with E-state index in [-0.39, 0.29) is 11.4 Å². The van der Waals surface area contributed by atoms with Gasteiger partial charge in [0.1, 0.15) is 0 Å². The average Bonchev–Trinajstić information content (AvgIpc) is 3.17. The summed E-state index contributed by atoms with van der Waals surface area (Å²) >= 11 is 0. The summed E-state index contributed by atoms with van der Waals surface area (Å²) in [6.07, 6.45) is 4.24. The topological polar surface area (TPSA) is 26.3 Å². The molecule has 2 nitrogen and oxygen atoms in total. The van der Waals surface area contributed by atoms with E-state index in [9.17, 15) is 4.79 Å². The van der Waals surface area contributed by atoms with Crippen LogP contribution in [0.5, 0.6) is 0 Å². The van der Waals surface area contributed by atoms with Gasteiger partial charge in [-0.3, -0.25) is 4.79 Å². The zero-order valence-electron chi connectivity index (χ0n) is 10.5. The van der Waals surface area contributed by atoms with Crippen molar-refractivity contribution in [2.45, 2.75) is 24.7 Å². The Morgan fingerprint density at radius 3 is 2.47 bits per heavy atom. The predicted molar refractivity (Wildman–Crippen MR) is 72.2 cm³/mol. The monoisotopic (exact) mass is 250 g/mol. The van der Waals surface area contributed by atoms with Crippen molar-refractivity contribution < 1.29 is 9.53 Å². The minimum absolute atomic E-state index is 0.0831. The summed E-state index contributed by atoms with van der Waals surface area (Å²) in [7, 11) is 2.48. The molecular weight excluding hydrogens is 231 g/mol. The molecule has 1 aromatic carbocycles. The van der Waals surface area contributed by atoms with Gasteiger partial charge >= 0.3 is 5.97 Å². The number of hydrogen-bond acceptors (Lipinski definition) is 2. The number of carbonyl (C=O) groups excluding carboxylic acids is 1. The Morgan fingerprint density at radius 1 is 1.35 bits per heavy atom. The van der Waals surface area contributed by atoms with E-state index in [1.54, 1.807) is 0 Å². The summed E-state index contributed by atoms with van der Waals surface area (Å²) in [5.74, 6) is -0.0831. The number of rotatable bonds is 5. The minimum atomic E-state index is -0.320. The standard InChI is InChI=1S/C14H19O2P/c1-16-13(15)14(8-9-14)12-5-3-11(4-6-12)7-10-17-2/h3-6,17H,7-10H2,1-2H3. The number of benzene rings is 1. The number of esters is 1. The van der Waals surface area contributed by atoms with Crippen LogP contribution in [0.1, 0.15) is 24.0 Å². The molecule has 1 aromatic rings.